The standard InChI is InChI=1S/C18H18N2O3S/c1-12-3-9-16(21)15(11-12)19-18(24)20-17(22)10-6-13-4-7-14(23-2)8-5-13/h3-11,21H,1-2H3,(H2,19,20,22,24). The van der Waals surface area contributed by atoms with Crippen molar-refractivity contribution < 1.29 is 14.6 Å². The van der Waals surface area contributed by atoms with Crippen molar-refractivity contribution in [2.24, 2.45) is 0 Å². The lowest BCUT2D eigenvalue weighted by Gasteiger charge is -2.10. The smallest absolute Gasteiger partial charge is 0.250 e. The average Bonchev–Trinajstić information content (AvgIpc) is 2.56. The van der Waals surface area contributed by atoms with E-state index in [9.17, 15) is 9.90 Å². The fourth-order valence-electron chi connectivity index (χ4n) is 1.94. The number of carbonyl (C=O) groups is 1. The molecule has 0 aliphatic rings. The van der Waals surface area contributed by atoms with E-state index < -0.39 is 0 Å². The average molecular weight is 342 g/mol. The molecule has 0 aliphatic carbocycles. The van der Waals surface area contributed by atoms with Crippen molar-refractivity contribution in [3.63, 3.8) is 0 Å². The van der Waals surface area contributed by atoms with Gasteiger partial charge in [0.05, 0.1) is 12.8 Å². The Morgan fingerprint density at radius 2 is 1.92 bits per heavy atom. The molecule has 0 heterocycles. The molecule has 0 fully saturated rings. The summed E-state index contributed by atoms with van der Waals surface area (Å²) in [6.45, 7) is 1.89. The molecule has 2 aromatic rings. The Balaban J connectivity index is 1.92. The normalized spacial score (nSPS) is 10.4. The van der Waals surface area contributed by atoms with Gasteiger partial charge in [0, 0.05) is 6.08 Å². The van der Waals surface area contributed by atoms with Crippen LogP contribution in [-0.4, -0.2) is 23.2 Å². The number of methoxy groups -OCH3 is 1. The van der Waals surface area contributed by atoms with Gasteiger partial charge in [-0.15, -0.1) is 0 Å². The third kappa shape index (κ3) is 5.10. The quantitative estimate of drug-likeness (QED) is 0.452. The van der Waals surface area contributed by atoms with Crippen molar-refractivity contribution in [3.8, 4) is 11.5 Å². The number of ether oxygens (including phenoxy) is 1. The van der Waals surface area contributed by atoms with Crippen molar-refractivity contribution in [1.29, 1.82) is 0 Å². The highest BCUT2D eigenvalue weighted by Crippen LogP contribution is 2.23. The minimum Gasteiger partial charge on any atom is -0.506 e. The van der Waals surface area contributed by atoms with Gasteiger partial charge in [0.1, 0.15) is 11.5 Å². The molecule has 0 spiro atoms. The largest absolute Gasteiger partial charge is 0.506 e. The summed E-state index contributed by atoms with van der Waals surface area (Å²) in [4.78, 5) is 11.9. The Morgan fingerprint density at radius 3 is 2.58 bits per heavy atom. The van der Waals surface area contributed by atoms with Gasteiger partial charge in [-0.05, 0) is 60.6 Å². The van der Waals surface area contributed by atoms with Gasteiger partial charge in [0.15, 0.2) is 5.11 Å². The molecular formula is C18H18N2O3S. The van der Waals surface area contributed by atoms with E-state index in [1.165, 1.54) is 6.08 Å². The van der Waals surface area contributed by atoms with Crippen molar-refractivity contribution in [2.75, 3.05) is 12.4 Å². The highest BCUT2D eigenvalue weighted by Gasteiger charge is 2.05. The summed E-state index contributed by atoms with van der Waals surface area (Å²) in [6, 6.07) is 12.4. The monoisotopic (exact) mass is 342 g/mol. The van der Waals surface area contributed by atoms with Crippen LogP contribution in [0, 0.1) is 6.92 Å². The Bertz CT molecular complexity index is 770. The molecule has 3 N–H and O–H groups in total. The topological polar surface area (TPSA) is 70.6 Å². The summed E-state index contributed by atoms with van der Waals surface area (Å²) < 4.78 is 5.07. The Morgan fingerprint density at radius 1 is 1.21 bits per heavy atom. The van der Waals surface area contributed by atoms with Crippen LogP contribution in [0.5, 0.6) is 11.5 Å². The first-order chi connectivity index (χ1) is 11.5. The molecule has 2 rings (SSSR count). The predicted octanol–water partition coefficient (Wildman–Crippen LogP) is 3.24. The van der Waals surface area contributed by atoms with E-state index in [4.69, 9.17) is 17.0 Å². The van der Waals surface area contributed by atoms with Gasteiger partial charge < -0.3 is 15.2 Å². The summed E-state index contributed by atoms with van der Waals surface area (Å²) in [7, 11) is 1.60. The molecule has 0 saturated heterocycles. The molecule has 124 valence electrons. The third-order valence-corrected chi connectivity index (χ3v) is 3.38. The van der Waals surface area contributed by atoms with Crippen LogP contribution < -0.4 is 15.4 Å². The zero-order chi connectivity index (χ0) is 17.5. The number of anilines is 1. The molecule has 2 aromatic carbocycles. The molecule has 0 atom stereocenters. The highest BCUT2D eigenvalue weighted by molar-refractivity contribution is 7.80. The van der Waals surface area contributed by atoms with Gasteiger partial charge >= 0.3 is 0 Å². The van der Waals surface area contributed by atoms with E-state index in [0.29, 0.717) is 5.69 Å². The number of nitrogens with one attached hydrogen (secondary N) is 2. The molecule has 0 aliphatic heterocycles. The molecule has 5 nitrogen and oxygen atoms in total. The molecule has 0 unspecified atom stereocenters. The number of amides is 1. The SMILES string of the molecule is COc1ccc(C=CC(=O)NC(=S)Nc2cc(C)ccc2O)cc1. The predicted molar refractivity (Wildman–Crippen MR) is 99.2 cm³/mol. The number of thiocarbonyl (C=S) groups is 1. The van der Waals surface area contributed by atoms with E-state index in [-0.39, 0.29) is 16.8 Å². The second-order valence-corrected chi connectivity index (χ2v) is 5.48. The number of hydrogen-bond donors (Lipinski definition) is 3. The van der Waals surface area contributed by atoms with Gasteiger partial charge in [-0.3, -0.25) is 10.1 Å². The second-order valence-electron chi connectivity index (χ2n) is 5.07. The number of aryl methyl sites for hydroxylation is 1. The van der Waals surface area contributed by atoms with E-state index in [0.717, 1.165) is 16.9 Å². The van der Waals surface area contributed by atoms with E-state index >= 15 is 0 Å². The van der Waals surface area contributed by atoms with Crippen LogP contribution in [0.1, 0.15) is 11.1 Å². The van der Waals surface area contributed by atoms with Crippen LogP contribution in [0.15, 0.2) is 48.5 Å². The number of benzene rings is 2. The van der Waals surface area contributed by atoms with Gasteiger partial charge in [0.25, 0.3) is 0 Å². The van der Waals surface area contributed by atoms with Gasteiger partial charge in [0.2, 0.25) is 5.91 Å². The Hall–Kier alpha value is -2.86. The molecule has 0 saturated carbocycles. The summed E-state index contributed by atoms with van der Waals surface area (Å²) in [6.07, 6.45) is 3.05. The van der Waals surface area contributed by atoms with E-state index in [1.54, 1.807) is 31.4 Å². The molecule has 24 heavy (non-hydrogen) atoms. The fraction of sp³-hybridized carbons (Fsp3) is 0.111. The molecule has 1 amide bonds. The lowest BCUT2D eigenvalue weighted by molar-refractivity contribution is -0.115. The molecule has 0 radical (unpaired) electrons. The third-order valence-electron chi connectivity index (χ3n) is 3.18. The maximum atomic E-state index is 11.9. The Kier molecular flexibility index (Phi) is 5.92. The first-order valence-electron chi connectivity index (χ1n) is 7.21. The van der Waals surface area contributed by atoms with Crippen LogP contribution in [0.3, 0.4) is 0 Å². The second kappa shape index (κ2) is 8.12. The van der Waals surface area contributed by atoms with Gasteiger partial charge in [-0.1, -0.05) is 18.2 Å². The molecule has 0 aromatic heterocycles. The van der Waals surface area contributed by atoms with Crippen LogP contribution in [0.2, 0.25) is 0 Å². The summed E-state index contributed by atoms with van der Waals surface area (Å²) in [5, 5.41) is 15.2. The van der Waals surface area contributed by atoms with Gasteiger partial charge in [-0.2, -0.15) is 0 Å². The summed E-state index contributed by atoms with van der Waals surface area (Å²) in [5.41, 5.74) is 2.27. The maximum Gasteiger partial charge on any atom is 0.250 e. The van der Waals surface area contributed by atoms with Crippen molar-refractivity contribution in [1.82, 2.24) is 5.32 Å². The van der Waals surface area contributed by atoms with Crippen molar-refractivity contribution in [2.45, 2.75) is 6.92 Å². The van der Waals surface area contributed by atoms with Crippen LogP contribution in [0.25, 0.3) is 6.08 Å². The summed E-state index contributed by atoms with van der Waals surface area (Å²) in [5.74, 6) is 0.446. The van der Waals surface area contributed by atoms with E-state index in [2.05, 4.69) is 10.6 Å². The van der Waals surface area contributed by atoms with Gasteiger partial charge in [-0.25, -0.2) is 0 Å². The number of aromatic hydroxyl groups is 1. The first kappa shape index (κ1) is 17.5. The minimum absolute atomic E-state index is 0.0611. The number of phenolic OH excluding ortho intramolecular Hbond substituents is 1. The first-order valence-corrected chi connectivity index (χ1v) is 7.62. The van der Waals surface area contributed by atoms with E-state index in [1.807, 2.05) is 31.2 Å². The highest BCUT2D eigenvalue weighted by atomic mass is 32.1. The molecule has 0 bridgehead atoms. The lowest BCUT2D eigenvalue weighted by atomic mass is 10.2. The number of hydrogen-bond acceptors (Lipinski definition) is 4. The fourth-order valence-corrected chi connectivity index (χ4v) is 2.15. The van der Waals surface area contributed by atoms with Crippen LogP contribution >= 0.6 is 12.2 Å². The number of phenols is 1. The zero-order valence-corrected chi connectivity index (χ0v) is 14.2. The summed E-state index contributed by atoms with van der Waals surface area (Å²) >= 11 is 5.07. The maximum absolute atomic E-state index is 11.9. The molecule has 6 heteroatoms. The van der Waals surface area contributed by atoms with Crippen LogP contribution in [-0.2, 0) is 4.79 Å². The van der Waals surface area contributed by atoms with Crippen LogP contribution in [0.4, 0.5) is 5.69 Å². The molecular weight excluding hydrogens is 324 g/mol. The number of rotatable bonds is 4. The zero-order valence-electron chi connectivity index (χ0n) is 13.4. The minimum atomic E-state index is -0.365. The lowest BCUT2D eigenvalue weighted by Crippen LogP contribution is -2.32. The van der Waals surface area contributed by atoms with Crippen molar-refractivity contribution >= 4 is 35.0 Å². The Labute approximate surface area is 146 Å². The van der Waals surface area contributed by atoms with Crippen molar-refractivity contribution in [3.05, 3.63) is 59.7 Å². The number of carbonyl (C=O) groups excluding carboxylic acids is 1.